The molecule has 12 rings (SSSR count). The lowest BCUT2D eigenvalue weighted by atomic mass is 9.91. The van der Waals surface area contributed by atoms with Crippen molar-refractivity contribution < 1.29 is 4.42 Å². The number of pyridine rings is 1. The van der Waals surface area contributed by atoms with Crippen molar-refractivity contribution in [2.24, 2.45) is 0 Å². The second kappa shape index (κ2) is 13.3. The fourth-order valence-corrected chi connectivity index (χ4v) is 8.86. The van der Waals surface area contributed by atoms with Crippen LogP contribution < -0.4 is 0 Å². The standard InChI is InChI=1S/C55H33N3O/c1-2-13-36(14-3-1)54-56-49(34-25-27-35(28-26-34)53-46-22-9-8-21-45(46)52-47-23-10-11-24-51(47)59-55(52)58-53)33-50(57-54)39-16-12-15-37(31-39)38-29-30-44-42-19-5-4-17-40(42)41-18-6-7-20-43(41)48(44)32-38/h1-33H. The van der Waals surface area contributed by atoms with E-state index in [2.05, 4.69) is 164 Å². The van der Waals surface area contributed by atoms with Crippen molar-refractivity contribution in [3.05, 3.63) is 200 Å². The second-order valence-corrected chi connectivity index (χ2v) is 15.1. The molecule has 12 aromatic rings. The highest BCUT2D eigenvalue weighted by Gasteiger charge is 2.18. The molecule has 274 valence electrons. The van der Waals surface area contributed by atoms with Gasteiger partial charge in [0.1, 0.15) is 5.58 Å². The van der Waals surface area contributed by atoms with E-state index in [1.165, 1.54) is 32.3 Å². The molecular formula is C55H33N3O. The first-order valence-corrected chi connectivity index (χ1v) is 19.9. The molecule has 0 aliphatic rings. The van der Waals surface area contributed by atoms with Gasteiger partial charge in [-0.1, -0.05) is 176 Å². The van der Waals surface area contributed by atoms with Gasteiger partial charge in [-0.05, 0) is 73.1 Å². The molecule has 59 heavy (non-hydrogen) atoms. The van der Waals surface area contributed by atoms with Gasteiger partial charge in [-0.15, -0.1) is 0 Å². The number of furan rings is 1. The Bertz CT molecular complexity index is 3570. The molecule has 0 amide bonds. The van der Waals surface area contributed by atoms with E-state index < -0.39 is 0 Å². The molecule has 0 fully saturated rings. The molecule has 0 saturated heterocycles. The monoisotopic (exact) mass is 751 g/mol. The zero-order chi connectivity index (χ0) is 38.9. The molecule has 0 unspecified atom stereocenters. The minimum Gasteiger partial charge on any atom is -0.438 e. The van der Waals surface area contributed by atoms with Crippen LogP contribution in [0.25, 0.3) is 121 Å². The fraction of sp³-hybridized carbons (Fsp3) is 0. The normalized spacial score (nSPS) is 11.7. The summed E-state index contributed by atoms with van der Waals surface area (Å²) in [7, 11) is 0. The molecule has 0 N–H and O–H groups in total. The van der Waals surface area contributed by atoms with Crippen LogP contribution in [0.2, 0.25) is 0 Å². The van der Waals surface area contributed by atoms with Gasteiger partial charge in [0.2, 0.25) is 5.71 Å². The SMILES string of the molecule is c1ccc(-c2nc(-c3ccc(-c4nc5oc6ccccc6c5c5ccccc45)cc3)cc(-c3cccc(-c4ccc5c6ccccc6c6ccccc6c5c4)c3)n2)cc1. The molecule has 0 bridgehead atoms. The van der Waals surface area contributed by atoms with E-state index in [1.807, 2.05) is 36.4 Å². The molecule has 3 aromatic heterocycles. The Morgan fingerprint density at radius 1 is 0.288 bits per heavy atom. The van der Waals surface area contributed by atoms with Crippen molar-refractivity contribution in [1.29, 1.82) is 0 Å². The van der Waals surface area contributed by atoms with Gasteiger partial charge in [0, 0.05) is 33.0 Å². The number of rotatable bonds is 5. The van der Waals surface area contributed by atoms with Crippen LogP contribution in [0.15, 0.2) is 205 Å². The lowest BCUT2D eigenvalue weighted by Gasteiger charge is -2.13. The minimum atomic E-state index is 0.643. The molecule has 0 saturated carbocycles. The average Bonchev–Trinajstić information content (AvgIpc) is 3.70. The summed E-state index contributed by atoms with van der Waals surface area (Å²) < 4.78 is 6.29. The summed E-state index contributed by atoms with van der Waals surface area (Å²) in [5, 5.41) is 11.9. The van der Waals surface area contributed by atoms with E-state index in [1.54, 1.807) is 0 Å². The maximum absolute atomic E-state index is 6.29. The van der Waals surface area contributed by atoms with Gasteiger partial charge in [0.25, 0.3) is 0 Å². The summed E-state index contributed by atoms with van der Waals surface area (Å²) in [6, 6.07) is 70.5. The Morgan fingerprint density at radius 3 is 1.53 bits per heavy atom. The van der Waals surface area contributed by atoms with Crippen molar-refractivity contribution in [2.45, 2.75) is 0 Å². The van der Waals surface area contributed by atoms with Crippen LogP contribution in [0.3, 0.4) is 0 Å². The Labute approximate surface area is 339 Å². The highest BCUT2D eigenvalue weighted by molar-refractivity contribution is 6.26. The third kappa shape index (κ3) is 5.49. The third-order valence-electron chi connectivity index (χ3n) is 11.7. The molecule has 9 aromatic carbocycles. The molecule has 0 radical (unpaired) electrons. The first-order valence-electron chi connectivity index (χ1n) is 19.9. The topological polar surface area (TPSA) is 51.8 Å². The van der Waals surface area contributed by atoms with E-state index in [-0.39, 0.29) is 0 Å². The lowest BCUT2D eigenvalue weighted by Crippen LogP contribution is -1.96. The maximum Gasteiger partial charge on any atom is 0.228 e. The molecule has 0 spiro atoms. The van der Waals surface area contributed by atoms with E-state index in [0.29, 0.717) is 11.5 Å². The van der Waals surface area contributed by atoms with Gasteiger partial charge in [-0.3, -0.25) is 0 Å². The summed E-state index contributed by atoms with van der Waals surface area (Å²) in [5.74, 6) is 0.680. The van der Waals surface area contributed by atoms with Gasteiger partial charge in [0.15, 0.2) is 5.82 Å². The maximum atomic E-state index is 6.29. The van der Waals surface area contributed by atoms with Crippen molar-refractivity contribution in [1.82, 2.24) is 15.0 Å². The Morgan fingerprint density at radius 2 is 0.797 bits per heavy atom. The second-order valence-electron chi connectivity index (χ2n) is 15.1. The summed E-state index contributed by atoms with van der Waals surface area (Å²) in [4.78, 5) is 15.4. The number of nitrogens with zero attached hydrogens (tertiary/aromatic N) is 3. The zero-order valence-electron chi connectivity index (χ0n) is 31.8. The number of fused-ring (bicyclic) bond motifs is 11. The number of para-hydroxylation sites is 1. The fourth-order valence-electron chi connectivity index (χ4n) is 8.86. The van der Waals surface area contributed by atoms with Crippen molar-refractivity contribution >= 4 is 65.2 Å². The van der Waals surface area contributed by atoms with E-state index in [9.17, 15) is 0 Å². The third-order valence-corrected chi connectivity index (χ3v) is 11.7. The van der Waals surface area contributed by atoms with Crippen molar-refractivity contribution in [3.63, 3.8) is 0 Å². The summed E-state index contributed by atoms with van der Waals surface area (Å²) in [6.07, 6.45) is 0. The van der Waals surface area contributed by atoms with Crippen LogP contribution in [-0.4, -0.2) is 15.0 Å². The largest absolute Gasteiger partial charge is 0.438 e. The molecule has 0 aliphatic heterocycles. The Balaban J connectivity index is 0.965. The molecule has 4 heteroatoms. The number of hydrogen-bond donors (Lipinski definition) is 0. The number of benzene rings is 9. The Hall–Kier alpha value is -7.95. The van der Waals surface area contributed by atoms with Gasteiger partial charge in [-0.2, -0.15) is 0 Å². The van der Waals surface area contributed by atoms with Gasteiger partial charge in [0.05, 0.1) is 22.5 Å². The summed E-state index contributed by atoms with van der Waals surface area (Å²) in [6.45, 7) is 0. The first-order chi connectivity index (χ1) is 29.2. The van der Waals surface area contributed by atoms with Crippen LogP contribution >= 0.6 is 0 Å². The number of hydrogen-bond acceptors (Lipinski definition) is 4. The van der Waals surface area contributed by atoms with E-state index in [4.69, 9.17) is 19.4 Å². The first kappa shape index (κ1) is 33.2. The smallest absolute Gasteiger partial charge is 0.228 e. The van der Waals surface area contributed by atoms with Gasteiger partial charge < -0.3 is 4.42 Å². The molecular weight excluding hydrogens is 719 g/mol. The molecule has 0 atom stereocenters. The van der Waals surface area contributed by atoms with Crippen LogP contribution in [0.5, 0.6) is 0 Å². The lowest BCUT2D eigenvalue weighted by molar-refractivity contribution is 0.655. The van der Waals surface area contributed by atoms with Crippen LogP contribution in [0, 0.1) is 0 Å². The molecule has 4 nitrogen and oxygen atoms in total. The zero-order valence-corrected chi connectivity index (χ0v) is 31.8. The van der Waals surface area contributed by atoms with E-state index >= 15 is 0 Å². The average molecular weight is 752 g/mol. The van der Waals surface area contributed by atoms with Crippen LogP contribution in [0.4, 0.5) is 0 Å². The van der Waals surface area contributed by atoms with E-state index in [0.717, 1.165) is 77.6 Å². The Kier molecular flexibility index (Phi) is 7.50. The molecule has 0 aliphatic carbocycles. The quantitative estimate of drug-likeness (QED) is 0.164. The van der Waals surface area contributed by atoms with Crippen molar-refractivity contribution in [3.8, 4) is 56.3 Å². The number of aromatic nitrogens is 3. The van der Waals surface area contributed by atoms with Crippen LogP contribution in [0.1, 0.15) is 0 Å². The highest BCUT2D eigenvalue weighted by atomic mass is 16.3. The summed E-state index contributed by atoms with van der Waals surface area (Å²) in [5.41, 5.74) is 10.4. The molecule has 3 heterocycles. The van der Waals surface area contributed by atoms with Crippen molar-refractivity contribution in [2.75, 3.05) is 0 Å². The predicted octanol–water partition coefficient (Wildman–Crippen LogP) is 14.7. The minimum absolute atomic E-state index is 0.643. The van der Waals surface area contributed by atoms with Crippen LogP contribution in [-0.2, 0) is 0 Å². The van der Waals surface area contributed by atoms with Gasteiger partial charge >= 0.3 is 0 Å². The predicted molar refractivity (Wildman–Crippen MR) is 244 cm³/mol. The summed E-state index contributed by atoms with van der Waals surface area (Å²) >= 11 is 0. The highest BCUT2D eigenvalue weighted by Crippen LogP contribution is 2.40. The van der Waals surface area contributed by atoms with Gasteiger partial charge in [-0.25, -0.2) is 15.0 Å².